The van der Waals surface area contributed by atoms with Crippen LogP contribution in [0.3, 0.4) is 0 Å². The molecule has 0 heterocycles. The van der Waals surface area contributed by atoms with Crippen LogP contribution in [-0.4, -0.2) is 0 Å². The van der Waals surface area contributed by atoms with E-state index in [1.54, 1.807) is 0 Å². The van der Waals surface area contributed by atoms with Gasteiger partial charge < -0.3 is 4.90 Å². The maximum Gasteiger partial charge on any atom is 0.0714 e. The molecular formula is C67H49N. The van der Waals surface area contributed by atoms with E-state index < -0.39 is 29.8 Å². The SMILES string of the molecule is [2H]C1=C([2H])C(c2c([2H])c([2H])c(N(C3=CC=C(c4cccc5ccccc45)CC3)c3ccc4c(c3)C(c3ccccc3)(c3ccccc3)c3ccccc3-4)c([2H])c2[2H])C([2H])C([2H])=C1c1cc2ccccc2c2ccccc12. The maximum absolute atomic E-state index is 10.0. The summed E-state index contributed by atoms with van der Waals surface area (Å²) >= 11 is 0. The molecule has 1 heteroatoms. The van der Waals surface area contributed by atoms with E-state index in [0.717, 1.165) is 82.5 Å². The normalized spacial score (nSPS) is 19.1. The fourth-order valence-electron chi connectivity index (χ4n) is 11.1. The molecule has 3 aliphatic rings. The Kier molecular flexibility index (Phi) is 7.90. The molecule has 0 saturated heterocycles. The predicted molar refractivity (Wildman–Crippen MR) is 287 cm³/mol. The zero-order valence-corrected chi connectivity index (χ0v) is 37.2. The highest BCUT2D eigenvalue weighted by molar-refractivity contribution is 6.12. The molecule has 68 heavy (non-hydrogen) atoms. The first kappa shape index (κ1) is 32.4. The Bertz CT molecular complexity index is 4100. The molecule has 0 spiro atoms. The summed E-state index contributed by atoms with van der Waals surface area (Å²) in [5.41, 5.74) is 9.97. The minimum atomic E-state index is -1.50. The molecule has 3 aliphatic carbocycles. The Morgan fingerprint density at radius 2 is 1.10 bits per heavy atom. The smallest absolute Gasteiger partial charge is 0.0714 e. The van der Waals surface area contributed by atoms with Gasteiger partial charge in [0.15, 0.2) is 0 Å². The second-order valence-electron chi connectivity index (χ2n) is 17.9. The lowest BCUT2D eigenvalue weighted by atomic mass is 9.67. The third-order valence-electron chi connectivity index (χ3n) is 14.2. The molecule has 0 radical (unpaired) electrons. The summed E-state index contributed by atoms with van der Waals surface area (Å²) in [5, 5.41) is 5.90. The van der Waals surface area contributed by atoms with Gasteiger partial charge in [-0.3, -0.25) is 0 Å². The molecule has 0 aromatic heterocycles. The van der Waals surface area contributed by atoms with E-state index in [4.69, 9.17) is 0 Å². The molecule has 10 aromatic carbocycles. The second-order valence-corrected chi connectivity index (χ2v) is 17.9. The van der Waals surface area contributed by atoms with E-state index in [-0.39, 0.29) is 47.1 Å². The monoisotopic (exact) mass is 875 g/mol. The van der Waals surface area contributed by atoms with Crippen molar-refractivity contribution < 1.29 is 11.0 Å². The third-order valence-corrected chi connectivity index (χ3v) is 14.2. The van der Waals surface area contributed by atoms with E-state index in [2.05, 4.69) is 127 Å². The van der Waals surface area contributed by atoms with Crippen molar-refractivity contribution in [2.24, 2.45) is 0 Å². The van der Waals surface area contributed by atoms with Gasteiger partial charge in [-0.2, -0.15) is 0 Å². The van der Waals surface area contributed by atoms with Crippen LogP contribution in [0.5, 0.6) is 0 Å². The molecule has 1 nitrogen and oxygen atoms in total. The number of allylic oxidation sites excluding steroid dienone is 8. The summed E-state index contributed by atoms with van der Waals surface area (Å²) in [6.45, 7) is 0. The van der Waals surface area contributed by atoms with E-state index in [9.17, 15) is 11.0 Å². The lowest BCUT2D eigenvalue weighted by Crippen LogP contribution is -2.29. The predicted octanol–water partition coefficient (Wildman–Crippen LogP) is 17.5. The van der Waals surface area contributed by atoms with Gasteiger partial charge in [-0.1, -0.05) is 218 Å². The first-order chi connectivity index (χ1) is 37.1. The van der Waals surface area contributed by atoms with E-state index in [1.807, 2.05) is 89.8 Å². The number of fused-ring (bicyclic) bond motifs is 7. The summed E-state index contributed by atoms with van der Waals surface area (Å²) in [6, 6.07) is 65.7. The molecule has 0 N–H and O–H groups in total. The quantitative estimate of drug-likeness (QED) is 0.138. The highest BCUT2D eigenvalue weighted by Gasteiger charge is 2.46. The third kappa shape index (κ3) is 6.53. The molecule has 0 aliphatic heterocycles. The van der Waals surface area contributed by atoms with Gasteiger partial charge in [0, 0.05) is 24.4 Å². The van der Waals surface area contributed by atoms with Crippen LogP contribution in [0.2, 0.25) is 0 Å². The number of nitrogens with zero attached hydrogens (tertiary/aromatic N) is 1. The van der Waals surface area contributed by atoms with Crippen LogP contribution >= 0.6 is 0 Å². The van der Waals surface area contributed by atoms with Crippen LogP contribution in [0, 0.1) is 0 Å². The van der Waals surface area contributed by atoms with Crippen molar-refractivity contribution in [3.8, 4) is 11.1 Å². The number of benzene rings is 10. The van der Waals surface area contributed by atoms with Crippen molar-refractivity contribution in [1.82, 2.24) is 0 Å². The van der Waals surface area contributed by atoms with E-state index >= 15 is 0 Å². The highest BCUT2D eigenvalue weighted by atomic mass is 15.1. The largest absolute Gasteiger partial charge is 0.314 e. The van der Waals surface area contributed by atoms with Crippen molar-refractivity contribution in [3.63, 3.8) is 0 Å². The van der Waals surface area contributed by atoms with Crippen molar-refractivity contribution in [1.29, 1.82) is 0 Å². The van der Waals surface area contributed by atoms with Crippen LogP contribution in [0.1, 0.15) is 75.1 Å². The van der Waals surface area contributed by atoms with Crippen LogP contribution < -0.4 is 4.90 Å². The minimum Gasteiger partial charge on any atom is -0.314 e. The summed E-state index contributed by atoms with van der Waals surface area (Å²) in [7, 11) is 0. The van der Waals surface area contributed by atoms with Crippen molar-refractivity contribution >= 4 is 54.8 Å². The summed E-state index contributed by atoms with van der Waals surface area (Å²) in [5.74, 6) is -1.41. The Morgan fingerprint density at radius 3 is 1.87 bits per heavy atom. The standard InChI is InChI=1S/C67H49N/c1-3-19-52(20-4-1)67(53-21-5-2-6-22-53)65-29-14-13-27-62(65)63-43-42-56(45-66(63)67)68(55-40-36-49(37-41-55)58-28-15-18-48-16-7-9-23-57(48)58)54-38-34-47(35-39-54)46-30-32-50(33-31-46)64-44-51-17-8-10-24-59(51)60-25-11-12-26-61(60)64/h1-30,32-36,38-40,42-46H,31,37,41H2/i30D,31D,32D,33D,34D,35D,38D,39D. The summed E-state index contributed by atoms with van der Waals surface area (Å²) in [4.78, 5) is 1.89. The number of hydrogen-bond donors (Lipinski definition) is 0. The molecule has 0 saturated carbocycles. The van der Waals surface area contributed by atoms with Gasteiger partial charge in [0.2, 0.25) is 0 Å². The Morgan fingerprint density at radius 1 is 0.471 bits per heavy atom. The van der Waals surface area contributed by atoms with Gasteiger partial charge in [-0.15, -0.1) is 0 Å². The van der Waals surface area contributed by atoms with Crippen molar-refractivity contribution in [2.45, 2.75) is 30.6 Å². The van der Waals surface area contributed by atoms with Crippen LogP contribution in [0.15, 0.2) is 260 Å². The van der Waals surface area contributed by atoms with E-state index in [0.29, 0.717) is 24.1 Å². The molecule has 0 bridgehead atoms. The topological polar surface area (TPSA) is 3.24 Å². The Balaban J connectivity index is 1.00. The number of anilines is 2. The van der Waals surface area contributed by atoms with Crippen LogP contribution in [-0.2, 0) is 5.41 Å². The van der Waals surface area contributed by atoms with Gasteiger partial charge in [0.05, 0.1) is 15.0 Å². The molecule has 2 unspecified atom stereocenters. The molecule has 0 amide bonds. The van der Waals surface area contributed by atoms with Crippen LogP contribution in [0.25, 0.3) is 54.6 Å². The van der Waals surface area contributed by atoms with Gasteiger partial charge in [-0.25, -0.2) is 0 Å². The average Bonchev–Trinajstić information content (AvgIpc) is 3.93. The molecule has 322 valence electrons. The van der Waals surface area contributed by atoms with E-state index in [1.165, 1.54) is 0 Å². The van der Waals surface area contributed by atoms with Crippen molar-refractivity contribution in [3.05, 3.63) is 299 Å². The fraction of sp³-hybridized carbons (Fsp3) is 0.0746. The molecule has 0 fully saturated rings. The zero-order chi connectivity index (χ0) is 52.0. The molecule has 10 aromatic rings. The minimum absolute atomic E-state index is 0.0383. The van der Waals surface area contributed by atoms with Gasteiger partial charge in [0.1, 0.15) is 0 Å². The van der Waals surface area contributed by atoms with Crippen LogP contribution in [0.4, 0.5) is 11.4 Å². The number of rotatable bonds is 8. The summed E-state index contributed by atoms with van der Waals surface area (Å²) < 4.78 is 78.1. The summed E-state index contributed by atoms with van der Waals surface area (Å²) in [6.07, 6.45) is 3.79. The molecular weight excluding hydrogens is 819 g/mol. The van der Waals surface area contributed by atoms with Gasteiger partial charge >= 0.3 is 0 Å². The highest BCUT2D eigenvalue weighted by Crippen LogP contribution is 2.57. The fourth-order valence-corrected chi connectivity index (χ4v) is 11.1. The van der Waals surface area contributed by atoms with Gasteiger partial charge in [0.25, 0.3) is 0 Å². The number of hydrogen-bond acceptors (Lipinski definition) is 1. The molecule has 13 rings (SSSR count). The first-order valence-electron chi connectivity index (χ1n) is 27.5. The first-order valence-corrected chi connectivity index (χ1v) is 23.4. The lowest BCUT2D eigenvalue weighted by molar-refractivity contribution is 0.768. The lowest BCUT2D eigenvalue weighted by Gasteiger charge is -2.35. The Hall–Kier alpha value is -8.26. The second kappa shape index (κ2) is 16.6. The van der Waals surface area contributed by atoms with Gasteiger partial charge in [-0.05, 0) is 149 Å². The van der Waals surface area contributed by atoms with Crippen molar-refractivity contribution in [2.75, 3.05) is 4.90 Å². The Labute approximate surface area is 410 Å². The average molecular weight is 876 g/mol. The zero-order valence-electron chi connectivity index (χ0n) is 45.2. The maximum atomic E-state index is 10.0. The molecule has 2 atom stereocenters.